The molecule has 1 N–H and O–H groups in total. The summed E-state index contributed by atoms with van der Waals surface area (Å²) in [7, 11) is 0. The van der Waals surface area contributed by atoms with E-state index in [9.17, 15) is 18.0 Å². The zero-order valence-corrected chi connectivity index (χ0v) is 14.7. The summed E-state index contributed by atoms with van der Waals surface area (Å²) in [6.45, 7) is 7.26. The van der Waals surface area contributed by atoms with Gasteiger partial charge in [0.2, 0.25) is 0 Å². The molecule has 138 valence electrons. The highest BCUT2D eigenvalue weighted by Crippen LogP contribution is 2.30. The van der Waals surface area contributed by atoms with E-state index in [0.717, 1.165) is 12.2 Å². The number of halogens is 3. The lowest BCUT2D eigenvalue weighted by Gasteiger charge is -2.19. The van der Waals surface area contributed by atoms with Gasteiger partial charge in [-0.2, -0.15) is 13.2 Å². The number of nitrogens with one attached hydrogen (secondary N) is 1. The third kappa shape index (κ3) is 7.84. The molecule has 0 aromatic heterocycles. The topological polar surface area (TPSA) is 47.6 Å². The number of rotatable bonds is 3. The molecule has 1 amide bonds. The molecule has 0 radical (unpaired) electrons. The number of alkyl carbamates (subject to hydrolysis) is 1. The van der Waals surface area contributed by atoms with Crippen LogP contribution < -0.4 is 5.32 Å². The van der Waals surface area contributed by atoms with Crippen LogP contribution in [0.5, 0.6) is 0 Å². The maximum atomic E-state index is 12.8. The van der Waals surface area contributed by atoms with Gasteiger partial charge in [0.15, 0.2) is 0 Å². The summed E-state index contributed by atoms with van der Waals surface area (Å²) in [5.41, 5.74) is -0.940. The molecule has 0 unspecified atom stereocenters. The van der Waals surface area contributed by atoms with Crippen molar-refractivity contribution in [1.82, 2.24) is 5.32 Å². The minimum Gasteiger partial charge on any atom is -0.493 e. The zero-order chi connectivity index (χ0) is 19.1. The highest BCUT2D eigenvalue weighted by atomic mass is 19.4. The summed E-state index contributed by atoms with van der Waals surface area (Å²) in [6, 6.07) is 0. The molecule has 0 spiro atoms. The molecule has 0 heterocycles. The second kappa shape index (κ2) is 8.65. The lowest BCUT2D eigenvalue weighted by atomic mass is 10.1. The summed E-state index contributed by atoms with van der Waals surface area (Å²) in [4.78, 5) is 11.5. The van der Waals surface area contributed by atoms with E-state index in [1.807, 2.05) is 0 Å². The number of allylic oxidation sites excluding steroid dienone is 5. The van der Waals surface area contributed by atoms with Crippen LogP contribution in [0.3, 0.4) is 0 Å². The number of hydrogen-bond acceptors (Lipinski definition) is 3. The predicted octanol–water partition coefficient (Wildman–Crippen LogP) is 4.25. The molecule has 1 rings (SSSR count). The molecule has 7 heteroatoms. The maximum absolute atomic E-state index is 12.8. The Bertz CT molecular complexity index is 641. The van der Waals surface area contributed by atoms with Crippen molar-refractivity contribution in [1.29, 1.82) is 0 Å². The molecular weight excluding hydrogens is 335 g/mol. The van der Waals surface area contributed by atoms with Gasteiger partial charge in [0, 0.05) is 12.0 Å². The monoisotopic (exact) mass is 357 g/mol. The van der Waals surface area contributed by atoms with Crippen LogP contribution in [0.2, 0.25) is 0 Å². The van der Waals surface area contributed by atoms with E-state index in [1.54, 1.807) is 27.7 Å². The van der Waals surface area contributed by atoms with Crippen molar-refractivity contribution in [2.75, 3.05) is 13.2 Å². The SMILES string of the molecule is CCOC1=C(C#CCNC(=O)OC(C)(C)C)CC=C(C(F)(F)F)C=C1. The average Bonchev–Trinajstić information content (AvgIpc) is 2.64. The van der Waals surface area contributed by atoms with Gasteiger partial charge < -0.3 is 14.8 Å². The largest absolute Gasteiger partial charge is 0.493 e. The van der Waals surface area contributed by atoms with Crippen LogP contribution in [0.25, 0.3) is 0 Å². The lowest BCUT2D eigenvalue weighted by Crippen LogP contribution is -2.32. The predicted molar refractivity (Wildman–Crippen MR) is 88.6 cm³/mol. The van der Waals surface area contributed by atoms with E-state index < -0.39 is 23.4 Å². The van der Waals surface area contributed by atoms with Gasteiger partial charge in [0.1, 0.15) is 11.4 Å². The van der Waals surface area contributed by atoms with Gasteiger partial charge in [-0.05, 0) is 39.8 Å². The van der Waals surface area contributed by atoms with Crippen molar-refractivity contribution < 1.29 is 27.4 Å². The molecule has 25 heavy (non-hydrogen) atoms. The van der Waals surface area contributed by atoms with Crippen molar-refractivity contribution >= 4 is 6.09 Å². The van der Waals surface area contributed by atoms with Crippen LogP contribution in [0.15, 0.2) is 35.1 Å². The highest BCUT2D eigenvalue weighted by Gasteiger charge is 2.32. The molecule has 0 fully saturated rings. The van der Waals surface area contributed by atoms with E-state index in [-0.39, 0.29) is 13.0 Å². The number of amides is 1. The molecule has 4 nitrogen and oxygen atoms in total. The van der Waals surface area contributed by atoms with Crippen molar-refractivity contribution in [2.45, 2.75) is 45.9 Å². The summed E-state index contributed by atoms with van der Waals surface area (Å²) >= 11 is 0. The standard InChI is InChI=1S/C18H22F3NO3/c1-5-24-15-11-10-14(18(19,20)21)9-8-13(15)7-6-12-22-16(23)25-17(2,3)4/h9-11H,5,8,12H2,1-4H3,(H,22,23). The first-order valence-electron chi connectivity index (χ1n) is 7.80. The molecule has 0 aromatic carbocycles. The normalized spacial score (nSPS) is 14.9. The Morgan fingerprint density at radius 2 is 1.96 bits per heavy atom. The van der Waals surface area contributed by atoms with Crippen molar-refractivity contribution in [2.24, 2.45) is 0 Å². The Morgan fingerprint density at radius 1 is 1.28 bits per heavy atom. The average molecular weight is 357 g/mol. The Morgan fingerprint density at radius 3 is 2.52 bits per heavy atom. The number of hydrogen-bond donors (Lipinski definition) is 1. The Kier molecular flexibility index (Phi) is 7.16. The molecular formula is C18H22F3NO3. The van der Waals surface area contributed by atoms with Crippen LogP contribution in [-0.2, 0) is 9.47 Å². The first kappa shape index (κ1) is 20.7. The summed E-state index contributed by atoms with van der Waals surface area (Å²) in [6.07, 6.45) is -1.74. The van der Waals surface area contributed by atoms with Gasteiger partial charge in [-0.3, -0.25) is 0 Å². The van der Waals surface area contributed by atoms with E-state index in [0.29, 0.717) is 17.9 Å². The molecule has 1 aliphatic rings. The van der Waals surface area contributed by atoms with Gasteiger partial charge in [-0.15, -0.1) is 0 Å². The molecule has 0 aliphatic heterocycles. The Balaban J connectivity index is 2.79. The molecule has 0 atom stereocenters. The van der Waals surface area contributed by atoms with Gasteiger partial charge in [0.25, 0.3) is 0 Å². The van der Waals surface area contributed by atoms with Crippen molar-refractivity contribution in [3.8, 4) is 11.8 Å². The van der Waals surface area contributed by atoms with E-state index in [2.05, 4.69) is 17.2 Å². The molecule has 0 saturated carbocycles. The van der Waals surface area contributed by atoms with E-state index in [4.69, 9.17) is 9.47 Å². The molecule has 1 aliphatic carbocycles. The fourth-order valence-electron chi connectivity index (χ4n) is 1.84. The van der Waals surface area contributed by atoms with Crippen molar-refractivity contribution in [3.05, 3.63) is 35.1 Å². The van der Waals surface area contributed by atoms with E-state index >= 15 is 0 Å². The van der Waals surface area contributed by atoms with Crippen LogP contribution in [-0.4, -0.2) is 31.0 Å². The van der Waals surface area contributed by atoms with Gasteiger partial charge in [0.05, 0.1) is 18.7 Å². The number of ether oxygens (including phenoxy) is 2. The third-order valence-corrected chi connectivity index (χ3v) is 2.82. The maximum Gasteiger partial charge on any atom is 0.416 e. The summed E-state index contributed by atoms with van der Waals surface area (Å²) < 4.78 is 48.9. The van der Waals surface area contributed by atoms with Crippen LogP contribution in [0.4, 0.5) is 18.0 Å². The van der Waals surface area contributed by atoms with Gasteiger partial charge in [-0.25, -0.2) is 4.79 Å². The second-order valence-corrected chi connectivity index (χ2v) is 6.13. The minimum atomic E-state index is -4.42. The van der Waals surface area contributed by atoms with Crippen LogP contribution in [0, 0.1) is 11.8 Å². The summed E-state index contributed by atoms with van der Waals surface area (Å²) in [5.74, 6) is 5.75. The van der Waals surface area contributed by atoms with Crippen molar-refractivity contribution in [3.63, 3.8) is 0 Å². The number of carbonyl (C=O) groups is 1. The number of alkyl halides is 3. The minimum absolute atomic E-state index is 0.00336. The first-order valence-corrected chi connectivity index (χ1v) is 7.80. The lowest BCUT2D eigenvalue weighted by molar-refractivity contribution is -0.0883. The Labute approximate surface area is 145 Å². The fraction of sp³-hybridized carbons (Fsp3) is 0.500. The fourth-order valence-corrected chi connectivity index (χ4v) is 1.84. The smallest absolute Gasteiger partial charge is 0.416 e. The molecule has 0 saturated heterocycles. The number of carbonyl (C=O) groups excluding carboxylic acids is 1. The third-order valence-electron chi connectivity index (χ3n) is 2.82. The highest BCUT2D eigenvalue weighted by molar-refractivity contribution is 5.68. The summed E-state index contributed by atoms with van der Waals surface area (Å²) in [5, 5.41) is 2.46. The van der Waals surface area contributed by atoms with Crippen LogP contribution >= 0.6 is 0 Å². The van der Waals surface area contributed by atoms with Crippen LogP contribution in [0.1, 0.15) is 34.1 Å². The Hall–Kier alpha value is -2.36. The molecule has 0 aromatic rings. The van der Waals surface area contributed by atoms with Gasteiger partial charge in [-0.1, -0.05) is 17.9 Å². The first-order chi connectivity index (χ1) is 11.5. The van der Waals surface area contributed by atoms with E-state index in [1.165, 1.54) is 6.08 Å². The second-order valence-electron chi connectivity index (χ2n) is 6.13. The van der Waals surface area contributed by atoms with Gasteiger partial charge >= 0.3 is 12.3 Å². The molecule has 0 bridgehead atoms. The quantitative estimate of drug-likeness (QED) is 0.768. The zero-order valence-electron chi connectivity index (χ0n) is 14.7.